The van der Waals surface area contributed by atoms with E-state index in [1.165, 1.54) is 6.33 Å². The van der Waals surface area contributed by atoms with Crippen LogP contribution in [0.1, 0.15) is 20.3 Å². The number of carbonyl (C=O) groups is 1. The number of aromatic nitrogens is 4. The van der Waals surface area contributed by atoms with E-state index in [-0.39, 0.29) is 29.4 Å². The molecule has 33 heavy (non-hydrogen) atoms. The topological polar surface area (TPSA) is 119 Å². The zero-order valence-electron chi connectivity index (χ0n) is 17.9. The highest BCUT2D eigenvalue weighted by molar-refractivity contribution is 5.94. The Morgan fingerprint density at radius 1 is 1.06 bits per heavy atom. The number of halogens is 2. The number of nitrogens with two attached hydrogens (primary N) is 1. The lowest BCUT2D eigenvalue weighted by Gasteiger charge is -2.17. The summed E-state index contributed by atoms with van der Waals surface area (Å²) in [4.78, 5) is 29.0. The molecule has 168 valence electrons. The van der Waals surface area contributed by atoms with Crippen molar-refractivity contribution in [2.75, 3.05) is 10.6 Å². The Morgan fingerprint density at radius 3 is 2.64 bits per heavy atom. The van der Waals surface area contributed by atoms with Crippen molar-refractivity contribution >= 4 is 34.3 Å². The smallest absolute Gasteiger partial charge is 0.227 e. The maximum atomic E-state index is 14.4. The molecule has 3 aromatic heterocycles. The van der Waals surface area contributed by atoms with E-state index >= 15 is 0 Å². The van der Waals surface area contributed by atoms with Crippen LogP contribution in [0.5, 0.6) is 0 Å². The molecule has 0 aliphatic rings. The second-order valence-corrected chi connectivity index (χ2v) is 8.18. The first-order valence-electron chi connectivity index (χ1n) is 10.1. The lowest BCUT2D eigenvalue weighted by Crippen LogP contribution is -2.36. The van der Waals surface area contributed by atoms with E-state index in [0.717, 1.165) is 18.2 Å². The normalized spacial score (nSPS) is 11.4. The van der Waals surface area contributed by atoms with Crippen LogP contribution in [0.25, 0.3) is 22.3 Å². The molecule has 1 amide bonds. The summed E-state index contributed by atoms with van der Waals surface area (Å²) in [5, 5.41) is 6.46. The van der Waals surface area contributed by atoms with Crippen molar-refractivity contribution < 1.29 is 13.6 Å². The molecular weight excluding hydrogens is 428 g/mol. The van der Waals surface area contributed by atoms with Gasteiger partial charge in [-0.2, -0.15) is 0 Å². The second-order valence-electron chi connectivity index (χ2n) is 8.18. The Kier molecular flexibility index (Phi) is 5.93. The number of hydrogen-bond acceptors (Lipinski definition) is 7. The van der Waals surface area contributed by atoms with Gasteiger partial charge in [-0.3, -0.25) is 4.79 Å². The average Bonchev–Trinajstić information content (AvgIpc) is 2.74. The minimum Gasteiger partial charge on any atom is -0.339 e. The average molecular weight is 449 g/mol. The molecule has 0 radical (unpaired) electrons. The molecule has 0 saturated heterocycles. The fraction of sp³-hybridized carbons (Fsp3) is 0.174. The van der Waals surface area contributed by atoms with Crippen LogP contribution in [0.2, 0.25) is 0 Å². The number of pyridine rings is 2. The molecule has 0 bridgehead atoms. The molecule has 3 heterocycles. The van der Waals surface area contributed by atoms with Crippen molar-refractivity contribution in [3.8, 4) is 11.3 Å². The summed E-state index contributed by atoms with van der Waals surface area (Å²) in [7, 11) is 0. The number of rotatable bonds is 6. The number of amides is 1. The summed E-state index contributed by atoms with van der Waals surface area (Å²) in [6.45, 7) is 3.50. The molecule has 0 aliphatic heterocycles. The lowest BCUT2D eigenvalue weighted by atomic mass is 10.0. The quantitative estimate of drug-likeness (QED) is 0.404. The van der Waals surface area contributed by atoms with Gasteiger partial charge in [0.25, 0.3) is 0 Å². The van der Waals surface area contributed by atoms with E-state index in [4.69, 9.17) is 5.73 Å². The Morgan fingerprint density at radius 2 is 1.85 bits per heavy atom. The second kappa shape index (κ2) is 8.83. The van der Waals surface area contributed by atoms with Gasteiger partial charge in [-0.15, -0.1) is 0 Å². The zero-order chi connectivity index (χ0) is 23.6. The van der Waals surface area contributed by atoms with Crippen LogP contribution in [0.3, 0.4) is 0 Å². The highest BCUT2D eigenvalue weighted by Gasteiger charge is 2.17. The molecule has 0 saturated carbocycles. The van der Waals surface area contributed by atoms with Crippen molar-refractivity contribution in [2.45, 2.75) is 25.8 Å². The first-order chi connectivity index (χ1) is 15.7. The van der Waals surface area contributed by atoms with Crippen LogP contribution in [0.4, 0.5) is 26.1 Å². The number of anilines is 3. The van der Waals surface area contributed by atoms with Crippen LogP contribution in [-0.2, 0) is 4.79 Å². The predicted molar refractivity (Wildman–Crippen MR) is 122 cm³/mol. The molecule has 4 rings (SSSR count). The summed E-state index contributed by atoms with van der Waals surface area (Å²) in [6.07, 6.45) is 2.96. The highest BCUT2D eigenvalue weighted by Crippen LogP contribution is 2.31. The Labute approximate surface area is 188 Å². The van der Waals surface area contributed by atoms with Gasteiger partial charge in [0.2, 0.25) is 5.91 Å². The first kappa shape index (κ1) is 22.2. The maximum absolute atomic E-state index is 14.4. The van der Waals surface area contributed by atoms with Gasteiger partial charge in [-0.1, -0.05) is 0 Å². The van der Waals surface area contributed by atoms with Gasteiger partial charge in [0.1, 0.15) is 29.6 Å². The number of nitrogens with zero attached hydrogens (tertiary/aromatic N) is 4. The Bertz CT molecular complexity index is 1340. The first-order valence-corrected chi connectivity index (χ1v) is 10.1. The number of fused-ring (bicyclic) bond motifs is 1. The zero-order valence-corrected chi connectivity index (χ0v) is 17.9. The SMILES string of the molecule is CC(C)(N)CC(=O)Nc1cc(Nc2cc(-c3cc(F)ccc3F)nc3ncccc23)ncn1. The third kappa shape index (κ3) is 5.42. The van der Waals surface area contributed by atoms with E-state index in [0.29, 0.717) is 22.5 Å². The molecule has 0 aliphatic carbocycles. The van der Waals surface area contributed by atoms with Crippen LogP contribution >= 0.6 is 0 Å². The van der Waals surface area contributed by atoms with E-state index in [9.17, 15) is 13.6 Å². The molecule has 0 spiro atoms. The molecule has 10 heteroatoms. The predicted octanol–water partition coefficient (Wildman–Crippen LogP) is 4.17. The maximum Gasteiger partial charge on any atom is 0.227 e. The molecule has 4 aromatic rings. The number of benzene rings is 1. The summed E-state index contributed by atoms with van der Waals surface area (Å²) < 4.78 is 28.1. The van der Waals surface area contributed by atoms with Gasteiger partial charge in [0.15, 0.2) is 5.65 Å². The van der Waals surface area contributed by atoms with Gasteiger partial charge in [0, 0.05) is 35.2 Å². The van der Waals surface area contributed by atoms with Gasteiger partial charge >= 0.3 is 0 Å². The number of nitrogens with one attached hydrogen (secondary N) is 2. The van der Waals surface area contributed by atoms with Gasteiger partial charge in [0.05, 0.1) is 11.4 Å². The number of carbonyl (C=O) groups excluding carboxylic acids is 1. The number of hydrogen-bond donors (Lipinski definition) is 3. The van der Waals surface area contributed by atoms with Crippen LogP contribution in [0, 0.1) is 11.6 Å². The fourth-order valence-corrected chi connectivity index (χ4v) is 3.23. The Balaban J connectivity index is 1.69. The summed E-state index contributed by atoms with van der Waals surface area (Å²) >= 11 is 0. The third-order valence-electron chi connectivity index (χ3n) is 4.60. The van der Waals surface area contributed by atoms with Crippen LogP contribution in [-0.4, -0.2) is 31.4 Å². The van der Waals surface area contributed by atoms with Crippen LogP contribution in [0.15, 0.2) is 55.0 Å². The van der Waals surface area contributed by atoms with Crippen molar-refractivity contribution in [1.29, 1.82) is 0 Å². The van der Waals surface area contributed by atoms with Crippen molar-refractivity contribution in [3.05, 3.63) is 66.6 Å². The molecule has 0 unspecified atom stereocenters. The molecule has 8 nitrogen and oxygen atoms in total. The van der Waals surface area contributed by atoms with Crippen molar-refractivity contribution in [1.82, 2.24) is 19.9 Å². The lowest BCUT2D eigenvalue weighted by molar-refractivity contribution is -0.117. The van der Waals surface area contributed by atoms with Gasteiger partial charge in [-0.05, 0) is 50.2 Å². The molecular formula is C23H21F2N7O. The summed E-state index contributed by atoms with van der Waals surface area (Å²) in [5.41, 5.74) is 6.29. The molecule has 1 aromatic carbocycles. The van der Waals surface area contributed by atoms with Gasteiger partial charge in [-0.25, -0.2) is 28.7 Å². The van der Waals surface area contributed by atoms with E-state index in [1.807, 2.05) is 0 Å². The molecule has 0 fully saturated rings. The van der Waals surface area contributed by atoms with E-state index in [1.54, 1.807) is 44.3 Å². The largest absolute Gasteiger partial charge is 0.339 e. The van der Waals surface area contributed by atoms with Crippen LogP contribution < -0.4 is 16.4 Å². The Hall–Kier alpha value is -4.05. The molecule has 4 N–H and O–H groups in total. The summed E-state index contributed by atoms with van der Waals surface area (Å²) in [5.74, 6) is -0.820. The highest BCUT2D eigenvalue weighted by atomic mass is 19.1. The van der Waals surface area contributed by atoms with Crippen molar-refractivity contribution in [3.63, 3.8) is 0 Å². The minimum atomic E-state index is -0.663. The molecule has 0 atom stereocenters. The van der Waals surface area contributed by atoms with E-state index < -0.39 is 17.2 Å². The van der Waals surface area contributed by atoms with E-state index in [2.05, 4.69) is 30.6 Å². The summed E-state index contributed by atoms with van der Waals surface area (Å²) in [6, 6.07) is 9.82. The monoisotopic (exact) mass is 449 g/mol. The standard InChI is InChI=1S/C23H21F2N7O/c1-23(2,26)11-21(33)32-20-10-19(28-12-29-20)30-17-9-18(15-8-13(24)5-6-16(15)25)31-22-14(17)4-3-7-27-22/h3-10,12H,11,26H2,1-2H3,(H2,27,28,29,30,31,32,33). The minimum absolute atomic E-state index is 0.00522. The van der Waals surface area contributed by atoms with Crippen molar-refractivity contribution in [2.24, 2.45) is 5.73 Å². The fourth-order valence-electron chi connectivity index (χ4n) is 3.23. The van der Waals surface area contributed by atoms with Gasteiger partial charge < -0.3 is 16.4 Å². The third-order valence-corrected chi connectivity index (χ3v) is 4.60.